The summed E-state index contributed by atoms with van der Waals surface area (Å²) in [6.07, 6.45) is 0.596. The van der Waals surface area contributed by atoms with Gasteiger partial charge in [-0.3, -0.25) is 4.79 Å². The minimum Gasteiger partial charge on any atom is -0.352 e. The highest BCUT2D eigenvalue weighted by Crippen LogP contribution is 2.20. The lowest BCUT2D eigenvalue weighted by Gasteiger charge is -2.10. The second-order valence-corrected chi connectivity index (χ2v) is 7.74. The molecule has 0 radical (unpaired) electrons. The van der Waals surface area contributed by atoms with Gasteiger partial charge in [0.25, 0.3) is 5.91 Å². The molecule has 1 aliphatic heterocycles. The molecule has 7 heteroatoms. The largest absolute Gasteiger partial charge is 0.352 e. The molecule has 0 spiro atoms. The Hall–Kier alpha value is -0.780. The summed E-state index contributed by atoms with van der Waals surface area (Å²) in [5.41, 5.74) is 0.373. The summed E-state index contributed by atoms with van der Waals surface area (Å²) in [5, 5.41) is 3.49. The van der Waals surface area contributed by atoms with E-state index in [2.05, 4.69) is 5.32 Å². The van der Waals surface area contributed by atoms with Crippen LogP contribution in [0.1, 0.15) is 16.8 Å². The first-order chi connectivity index (χ1) is 8.85. The standard InChI is InChI=1S/C12H13Cl2NO3S/c13-10-3-9(4-11(14)5-10)12(16)15-6-8-1-2-19(17,18)7-8/h3-5,8H,1-2,6-7H2,(H,15,16). The van der Waals surface area contributed by atoms with E-state index in [1.54, 1.807) is 6.07 Å². The molecule has 1 N–H and O–H groups in total. The smallest absolute Gasteiger partial charge is 0.251 e. The Morgan fingerprint density at radius 3 is 2.42 bits per heavy atom. The monoisotopic (exact) mass is 321 g/mol. The van der Waals surface area contributed by atoms with Crippen LogP contribution in [-0.2, 0) is 9.84 Å². The molecular formula is C12H13Cl2NO3S. The van der Waals surface area contributed by atoms with E-state index >= 15 is 0 Å². The second-order valence-electron chi connectivity index (χ2n) is 4.64. The van der Waals surface area contributed by atoms with Gasteiger partial charge in [-0.05, 0) is 30.5 Å². The van der Waals surface area contributed by atoms with Gasteiger partial charge in [-0.15, -0.1) is 0 Å². The molecule has 1 heterocycles. The summed E-state index contributed by atoms with van der Waals surface area (Å²) in [7, 11) is -2.91. The van der Waals surface area contributed by atoms with Crippen LogP contribution in [0, 0.1) is 5.92 Å². The Balaban J connectivity index is 1.95. The van der Waals surface area contributed by atoms with Crippen molar-refractivity contribution >= 4 is 38.9 Å². The van der Waals surface area contributed by atoms with Crippen LogP contribution >= 0.6 is 23.2 Å². The zero-order valence-electron chi connectivity index (χ0n) is 10.0. The van der Waals surface area contributed by atoms with Gasteiger partial charge in [0.1, 0.15) is 0 Å². The third kappa shape index (κ3) is 4.09. The van der Waals surface area contributed by atoms with E-state index in [0.29, 0.717) is 28.6 Å². The van der Waals surface area contributed by atoms with E-state index in [9.17, 15) is 13.2 Å². The van der Waals surface area contributed by atoms with Gasteiger partial charge in [-0.1, -0.05) is 23.2 Å². The minimum atomic E-state index is -2.91. The van der Waals surface area contributed by atoms with E-state index in [1.165, 1.54) is 12.1 Å². The van der Waals surface area contributed by atoms with Gasteiger partial charge in [-0.2, -0.15) is 0 Å². The van der Waals surface area contributed by atoms with Gasteiger partial charge in [-0.25, -0.2) is 8.42 Å². The summed E-state index contributed by atoms with van der Waals surface area (Å²) in [5.74, 6) is 0.0393. The fourth-order valence-corrected chi connectivity index (χ4v) is 4.44. The van der Waals surface area contributed by atoms with Crippen molar-refractivity contribution in [1.29, 1.82) is 0 Å². The summed E-state index contributed by atoms with van der Waals surface area (Å²) >= 11 is 11.6. The van der Waals surface area contributed by atoms with Gasteiger partial charge in [0, 0.05) is 22.2 Å². The highest BCUT2D eigenvalue weighted by atomic mass is 35.5. The number of hydrogen-bond donors (Lipinski definition) is 1. The van der Waals surface area contributed by atoms with E-state index < -0.39 is 9.84 Å². The van der Waals surface area contributed by atoms with Crippen LogP contribution in [0.25, 0.3) is 0 Å². The maximum Gasteiger partial charge on any atom is 0.251 e. The molecule has 0 aliphatic carbocycles. The number of carbonyl (C=O) groups is 1. The molecule has 1 atom stereocenters. The van der Waals surface area contributed by atoms with E-state index in [1.807, 2.05) is 0 Å². The third-order valence-corrected chi connectivity index (χ3v) is 5.28. The number of hydrogen-bond acceptors (Lipinski definition) is 3. The Bertz CT molecular complexity index is 581. The topological polar surface area (TPSA) is 63.2 Å². The quantitative estimate of drug-likeness (QED) is 0.927. The highest BCUT2D eigenvalue weighted by molar-refractivity contribution is 7.91. The van der Waals surface area contributed by atoms with Crippen LogP contribution in [0.3, 0.4) is 0 Å². The number of carbonyl (C=O) groups excluding carboxylic acids is 1. The SMILES string of the molecule is O=C(NCC1CCS(=O)(=O)C1)c1cc(Cl)cc(Cl)c1. The van der Waals surface area contributed by atoms with E-state index in [4.69, 9.17) is 23.2 Å². The first kappa shape index (κ1) is 14.6. The molecule has 1 aliphatic rings. The van der Waals surface area contributed by atoms with Crippen molar-refractivity contribution in [3.8, 4) is 0 Å². The molecule has 1 saturated heterocycles. The number of rotatable bonds is 3. The van der Waals surface area contributed by atoms with Crippen molar-refractivity contribution in [2.24, 2.45) is 5.92 Å². The number of sulfone groups is 1. The normalized spacial score (nSPS) is 21.3. The summed E-state index contributed by atoms with van der Waals surface area (Å²) in [6, 6.07) is 4.59. The molecule has 1 aromatic carbocycles. The fraction of sp³-hybridized carbons (Fsp3) is 0.417. The Morgan fingerprint density at radius 2 is 1.89 bits per heavy atom. The lowest BCUT2D eigenvalue weighted by Crippen LogP contribution is -2.29. The van der Waals surface area contributed by atoms with Crippen LogP contribution in [0.2, 0.25) is 10.0 Å². The molecule has 0 saturated carbocycles. The molecule has 0 bridgehead atoms. The van der Waals surface area contributed by atoms with Gasteiger partial charge in [0.15, 0.2) is 9.84 Å². The molecule has 1 amide bonds. The molecule has 1 aromatic rings. The number of benzene rings is 1. The highest BCUT2D eigenvalue weighted by Gasteiger charge is 2.27. The van der Waals surface area contributed by atoms with E-state index in [-0.39, 0.29) is 23.3 Å². The van der Waals surface area contributed by atoms with Crippen molar-refractivity contribution in [1.82, 2.24) is 5.32 Å². The molecule has 2 rings (SSSR count). The molecule has 19 heavy (non-hydrogen) atoms. The first-order valence-electron chi connectivity index (χ1n) is 5.80. The van der Waals surface area contributed by atoms with Crippen LogP contribution < -0.4 is 5.32 Å². The minimum absolute atomic E-state index is 0.0105. The van der Waals surface area contributed by atoms with Crippen LogP contribution in [0.4, 0.5) is 0 Å². The van der Waals surface area contributed by atoms with Crippen molar-refractivity contribution in [2.45, 2.75) is 6.42 Å². The van der Waals surface area contributed by atoms with Crippen molar-refractivity contribution in [3.05, 3.63) is 33.8 Å². The number of amides is 1. The van der Waals surface area contributed by atoms with Crippen LogP contribution in [0.15, 0.2) is 18.2 Å². The maximum absolute atomic E-state index is 11.9. The molecule has 104 valence electrons. The maximum atomic E-state index is 11.9. The van der Waals surface area contributed by atoms with Gasteiger partial charge < -0.3 is 5.32 Å². The lowest BCUT2D eigenvalue weighted by molar-refractivity contribution is 0.0948. The number of nitrogens with one attached hydrogen (secondary N) is 1. The van der Waals surface area contributed by atoms with E-state index in [0.717, 1.165) is 0 Å². The average molecular weight is 322 g/mol. The predicted octanol–water partition coefficient (Wildman–Crippen LogP) is 2.16. The fourth-order valence-electron chi connectivity index (χ4n) is 2.06. The molecule has 0 aromatic heterocycles. The van der Waals surface area contributed by atoms with Crippen LogP contribution in [0.5, 0.6) is 0 Å². The predicted molar refractivity (Wildman–Crippen MR) is 75.6 cm³/mol. The first-order valence-corrected chi connectivity index (χ1v) is 8.38. The molecule has 4 nitrogen and oxygen atoms in total. The Labute approximate surface area is 122 Å². The van der Waals surface area contributed by atoms with Crippen molar-refractivity contribution in [3.63, 3.8) is 0 Å². The zero-order valence-corrected chi connectivity index (χ0v) is 12.4. The molecule has 1 unspecified atom stereocenters. The van der Waals surface area contributed by atoms with Gasteiger partial charge in [0.2, 0.25) is 0 Å². The zero-order chi connectivity index (χ0) is 14.0. The third-order valence-electron chi connectivity index (χ3n) is 3.00. The van der Waals surface area contributed by atoms with Crippen molar-refractivity contribution < 1.29 is 13.2 Å². The Kier molecular flexibility index (Phi) is 4.38. The van der Waals surface area contributed by atoms with Crippen LogP contribution in [-0.4, -0.2) is 32.4 Å². The van der Waals surface area contributed by atoms with Gasteiger partial charge >= 0.3 is 0 Å². The summed E-state index contributed by atoms with van der Waals surface area (Å²) in [6.45, 7) is 0.349. The average Bonchev–Trinajstić information content (AvgIpc) is 2.64. The lowest BCUT2D eigenvalue weighted by atomic mass is 10.1. The van der Waals surface area contributed by atoms with Crippen molar-refractivity contribution in [2.75, 3.05) is 18.1 Å². The molecular weight excluding hydrogens is 309 g/mol. The number of halogens is 2. The van der Waals surface area contributed by atoms with Gasteiger partial charge in [0.05, 0.1) is 11.5 Å². The molecule has 1 fully saturated rings. The second kappa shape index (κ2) is 5.69. The Morgan fingerprint density at radius 1 is 1.26 bits per heavy atom. The summed E-state index contributed by atoms with van der Waals surface area (Å²) < 4.78 is 22.6. The summed E-state index contributed by atoms with van der Waals surface area (Å²) in [4.78, 5) is 11.9.